The number of hydrogen-bond donors (Lipinski definition) is 0. The smallest absolute Gasteiger partial charge is 0.220 e. The molecule has 0 saturated heterocycles. The molecule has 0 bridgehead atoms. The predicted molar refractivity (Wildman–Crippen MR) is 76.0 cm³/mol. The first-order valence-corrected chi connectivity index (χ1v) is 7.06. The van der Waals surface area contributed by atoms with Crippen molar-refractivity contribution < 1.29 is 9.47 Å². The molecule has 92 valence electrons. The topological polar surface area (TPSA) is 18.5 Å². The molecule has 2 unspecified atom stereocenters. The van der Waals surface area contributed by atoms with Crippen LogP contribution in [-0.2, 0) is 4.74 Å². The summed E-state index contributed by atoms with van der Waals surface area (Å²) in [7, 11) is 0. The van der Waals surface area contributed by atoms with Crippen molar-refractivity contribution in [2.75, 3.05) is 13.2 Å². The van der Waals surface area contributed by atoms with E-state index in [1.165, 1.54) is 5.56 Å². The van der Waals surface area contributed by atoms with E-state index in [0.29, 0.717) is 22.2 Å². The SMILES string of the molecule is CCOC(=S)SC(C)C1COc2ccccc21. The van der Waals surface area contributed by atoms with Crippen molar-refractivity contribution >= 4 is 28.4 Å². The van der Waals surface area contributed by atoms with Gasteiger partial charge in [-0.2, -0.15) is 0 Å². The fraction of sp³-hybridized carbons (Fsp3) is 0.462. The molecule has 0 amide bonds. The summed E-state index contributed by atoms with van der Waals surface area (Å²) >= 11 is 6.78. The van der Waals surface area contributed by atoms with Gasteiger partial charge in [-0.1, -0.05) is 36.9 Å². The maximum absolute atomic E-state index is 5.68. The number of ether oxygens (including phenoxy) is 2. The zero-order valence-electron chi connectivity index (χ0n) is 10.0. The molecule has 4 heteroatoms. The number of benzene rings is 1. The third kappa shape index (κ3) is 2.93. The first-order valence-electron chi connectivity index (χ1n) is 5.77. The summed E-state index contributed by atoms with van der Waals surface area (Å²) in [6.07, 6.45) is 0. The van der Waals surface area contributed by atoms with Crippen molar-refractivity contribution in [1.82, 2.24) is 0 Å². The Labute approximate surface area is 112 Å². The van der Waals surface area contributed by atoms with Crippen LogP contribution in [0, 0.1) is 0 Å². The van der Waals surface area contributed by atoms with Gasteiger partial charge in [0.25, 0.3) is 0 Å². The van der Waals surface area contributed by atoms with Gasteiger partial charge in [0, 0.05) is 16.7 Å². The summed E-state index contributed by atoms with van der Waals surface area (Å²) in [5.41, 5.74) is 1.28. The molecule has 1 aliphatic heterocycles. The predicted octanol–water partition coefficient (Wildman–Crippen LogP) is 3.61. The highest BCUT2D eigenvalue weighted by Gasteiger charge is 2.29. The van der Waals surface area contributed by atoms with Crippen LogP contribution in [0.2, 0.25) is 0 Å². The van der Waals surface area contributed by atoms with Gasteiger partial charge in [-0.3, -0.25) is 0 Å². The van der Waals surface area contributed by atoms with E-state index in [9.17, 15) is 0 Å². The molecule has 1 heterocycles. The fourth-order valence-corrected chi connectivity index (χ4v) is 3.41. The number of hydrogen-bond acceptors (Lipinski definition) is 4. The van der Waals surface area contributed by atoms with Crippen LogP contribution in [0.15, 0.2) is 24.3 Å². The van der Waals surface area contributed by atoms with Gasteiger partial charge in [0.15, 0.2) is 0 Å². The molecular formula is C13H16O2S2. The average Bonchev–Trinajstić information content (AvgIpc) is 2.72. The molecule has 1 aliphatic rings. The quantitative estimate of drug-likeness (QED) is 0.779. The van der Waals surface area contributed by atoms with Crippen LogP contribution in [0.5, 0.6) is 5.75 Å². The second-order valence-corrected chi connectivity index (χ2v) is 5.94. The number of para-hydroxylation sites is 1. The van der Waals surface area contributed by atoms with Crippen LogP contribution in [0.1, 0.15) is 25.3 Å². The minimum atomic E-state index is 0.373. The van der Waals surface area contributed by atoms with E-state index in [-0.39, 0.29) is 0 Å². The van der Waals surface area contributed by atoms with Crippen molar-refractivity contribution in [3.05, 3.63) is 29.8 Å². The number of rotatable bonds is 3. The largest absolute Gasteiger partial charge is 0.493 e. The molecule has 0 aliphatic carbocycles. The van der Waals surface area contributed by atoms with Crippen LogP contribution in [-0.4, -0.2) is 22.8 Å². The summed E-state index contributed by atoms with van der Waals surface area (Å²) < 4.78 is 11.6. The molecule has 1 aromatic carbocycles. The molecule has 0 saturated carbocycles. The Morgan fingerprint density at radius 3 is 3.12 bits per heavy atom. The molecule has 0 aromatic heterocycles. The minimum Gasteiger partial charge on any atom is -0.493 e. The van der Waals surface area contributed by atoms with E-state index in [1.807, 2.05) is 19.1 Å². The summed E-state index contributed by atoms with van der Waals surface area (Å²) in [4.78, 5) is 0. The lowest BCUT2D eigenvalue weighted by Crippen LogP contribution is -2.16. The Bertz CT molecular complexity index is 406. The molecule has 17 heavy (non-hydrogen) atoms. The van der Waals surface area contributed by atoms with Crippen molar-refractivity contribution in [3.63, 3.8) is 0 Å². The summed E-state index contributed by atoms with van der Waals surface area (Å²) in [5.74, 6) is 1.40. The molecule has 0 fully saturated rings. The Kier molecular flexibility index (Phi) is 4.29. The lowest BCUT2D eigenvalue weighted by molar-refractivity contribution is 0.329. The van der Waals surface area contributed by atoms with Crippen LogP contribution < -0.4 is 4.74 Å². The molecule has 2 atom stereocenters. The molecule has 1 aromatic rings. The Balaban J connectivity index is 2.02. The molecule has 0 N–H and O–H groups in total. The van der Waals surface area contributed by atoms with Gasteiger partial charge >= 0.3 is 0 Å². The lowest BCUT2D eigenvalue weighted by Gasteiger charge is -2.17. The second kappa shape index (κ2) is 5.74. The van der Waals surface area contributed by atoms with E-state index in [4.69, 9.17) is 21.7 Å². The maximum Gasteiger partial charge on any atom is 0.220 e. The summed E-state index contributed by atoms with van der Waals surface area (Å²) in [6.45, 7) is 5.50. The van der Waals surface area contributed by atoms with Gasteiger partial charge in [0.2, 0.25) is 4.38 Å². The Hall–Kier alpha value is -0.740. The van der Waals surface area contributed by atoms with Crippen LogP contribution in [0.3, 0.4) is 0 Å². The monoisotopic (exact) mass is 268 g/mol. The van der Waals surface area contributed by atoms with Gasteiger partial charge in [-0.05, 0) is 25.2 Å². The van der Waals surface area contributed by atoms with Gasteiger partial charge in [-0.15, -0.1) is 0 Å². The van der Waals surface area contributed by atoms with Gasteiger partial charge in [0.1, 0.15) is 5.75 Å². The Morgan fingerprint density at radius 1 is 1.59 bits per heavy atom. The number of thiocarbonyl (C=S) groups is 1. The molecular weight excluding hydrogens is 252 g/mol. The normalized spacial score (nSPS) is 19.3. The Morgan fingerprint density at radius 2 is 2.35 bits per heavy atom. The summed E-state index contributed by atoms with van der Waals surface area (Å²) in [5, 5.41) is 0.373. The third-order valence-corrected chi connectivity index (χ3v) is 4.26. The van der Waals surface area contributed by atoms with Crippen LogP contribution in [0.4, 0.5) is 0 Å². The van der Waals surface area contributed by atoms with Crippen molar-refractivity contribution in [2.24, 2.45) is 0 Å². The molecule has 2 nitrogen and oxygen atoms in total. The first kappa shape index (κ1) is 12.7. The average molecular weight is 268 g/mol. The molecule has 0 radical (unpaired) electrons. The number of fused-ring (bicyclic) bond motifs is 1. The van der Waals surface area contributed by atoms with Crippen molar-refractivity contribution in [2.45, 2.75) is 25.0 Å². The van der Waals surface area contributed by atoms with E-state index < -0.39 is 0 Å². The fourth-order valence-electron chi connectivity index (χ4n) is 1.96. The maximum atomic E-state index is 5.68. The van der Waals surface area contributed by atoms with E-state index in [2.05, 4.69) is 19.1 Å². The van der Waals surface area contributed by atoms with E-state index in [1.54, 1.807) is 11.8 Å². The second-order valence-electron chi connectivity index (χ2n) is 3.96. The first-order chi connectivity index (χ1) is 8.22. The van der Waals surface area contributed by atoms with Gasteiger partial charge < -0.3 is 9.47 Å². The minimum absolute atomic E-state index is 0.373. The highest BCUT2D eigenvalue weighted by molar-refractivity contribution is 8.23. The standard InChI is InChI=1S/C13H16O2S2/c1-3-14-13(16)17-9(2)11-8-15-12-7-5-4-6-10(11)12/h4-7,9,11H,3,8H2,1-2H3. The van der Waals surface area contributed by atoms with Gasteiger partial charge in [0.05, 0.1) is 13.2 Å². The lowest BCUT2D eigenvalue weighted by atomic mass is 9.99. The highest BCUT2D eigenvalue weighted by Crippen LogP contribution is 2.39. The zero-order valence-corrected chi connectivity index (χ0v) is 11.6. The third-order valence-electron chi connectivity index (χ3n) is 2.85. The molecule has 2 rings (SSSR count). The highest BCUT2D eigenvalue weighted by atomic mass is 32.2. The van der Waals surface area contributed by atoms with E-state index in [0.717, 1.165) is 12.4 Å². The van der Waals surface area contributed by atoms with Crippen molar-refractivity contribution in [1.29, 1.82) is 0 Å². The number of thioether (sulfide) groups is 1. The van der Waals surface area contributed by atoms with Crippen LogP contribution in [0.25, 0.3) is 0 Å². The van der Waals surface area contributed by atoms with Crippen LogP contribution >= 0.6 is 24.0 Å². The summed E-state index contributed by atoms with van der Waals surface area (Å²) in [6, 6.07) is 8.21. The molecule has 0 spiro atoms. The van der Waals surface area contributed by atoms with Gasteiger partial charge in [-0.25, -0.2) is 0 Å². The van der Waals surface area contributed by atoms with E-state index >= 15 is 0 Å². The zero-order chi connectivity index (χ0) is 12.3. The van der Waals surface area contributed by atoms with Crippen molar-refractivity contribution in [3.8, 4) is 5.75 Å².